The zero-order valence-corrected chi connectivity index (χ0v) is 15.1. The van der Waals surface area contributed by atoms with Crippen LogP contribution in [-0.4, -0.2) is 9.97 Å². The van der Waals surface area contributed by atoms with Gasteiger partial charge in [0.15, 0.2) is 0 Å². The summed E-state index contributed by atoms with van der Waals surface area (Å²) in [6.07, 6.45) is 0.269. The first kappa shape index (κ1) is 16.6. The van der Waals surface area contributed by atoms with E-state index in [4.69, 9.17) is 23.8 Å². The average molecular weight is 390 g/mol. The molecule has 0 saturated carbocycles. The molecule has 21 heavy (non-hydrogen) atoms. The Bertz CT molecular complexity index is 717. The molecule has 2 nitrogen and oxygen atoms in total. The molecule has 0 fully saturated rings. The average Bonchev–Trinajstić information content (AvgIpc) is 2.36. The third kappa shape index (κ3) is 3.71. The number of H-pyrrole nitrogens is 1. The van der Waals surface area contributed by atoms with E-state index in [0.717, 1.165) is 10.2 Å². The van der Waals surface area contributed by atoms with Crippen LogP contribution in [0.25, 0.3) is 0 Å². The van der Waals surface area contributed by atoms with Gasteiger partial charge < -0.3 is 4.98 Å². The highest BCUT2D eigenvalue weighted by molar-refractivity contribution is 9.10. The maximum atomic E-state index is 13.9. The monoisotopic (exact) mass is 388 g/mol. The summed E-state index contributed by atoms with van der Waals surface area (Å²) in [7, 11) is 0. The molecular formula is C15H15BrClFN2S. The van der Waals surface area contributed by atoms with E-state index < -0.39 is 0 Å². The van der Waals surface area contributed by atoms with Crippen LogP contribution in [0.3, 0.4) is 0 Å². The lowest BCUT2D eigenvalue weighted by Gasteiger charge is -2.21. The Morgan fingerprint density at radius 1 is 1.38 bits per heavy atom. The largest absolute Gasteiger partial charge is 0.345 e. The number of nitrogens with zero attached hydrogens (tertiary/aromatic N) is 1. The molecule has 0 unspecified atom stereocenters. The van der Waals surface area contributed by atoms with Gasteiger partial charge in [0, 0.05) is 28.1 Å². The lowest BCUT2D eigenvalue weighted by molar-refractivity contribution is 0.557. The van der Waals surface area contributed by atoms with E-state index in [2.05, 4.69) is 46.7 Å². The van der Waals surface area contributed by atoms with Gasteiger partial charge in [-0.15, -0.1) is 0 Å². The van der Waals surface area contributed by atoms with Gasteiger partial charge in [-0.1, -0.05) is 50.7 Å². The van der Waals surface area contributed by atoms with Crippen LogP contribution in [0.15, 0.2) is 22.7 Å². The first-order chi connectivity index (χ1) is 9.70. The van der Waals surface area contributed by atoms with Gasteiger partial charge in [0.25, 0.3) is 0 Å². The van der Waals surface area contributed by atoms with Crippen molar-refractivity contribution < 1.29 is 4.39 Å². The van der Waals surface area contributed by atoms with Crippen molar-refractivity contribution in [2.75, 3.05) is 0 Å². The summed E-state index contributed by atoms with van der Waals surface area (Å²) >= 11 is 14.8. The number of rotatable bonds is 2. The molecule has 6 heteroatoms. The van der Waals surface area contributed by atoms with Crippen molar-refractivity contribution in [1.29, 1.82) is 0 Å². The van der Waals surface area contributed by atoms with Crippen molar-refractivity contribution in [2.24, 2.45) is 0 Å². The van der Waals surface area contributed by atoms with E-state index >= 15 is 0 Å². The van der Waals surface area contributed by atoms with Gasteiger partial charge in [-0.25, -0.2) is 9.37 Å². The molecule has 2 rings (SSSR count). The maximum Gasteiger partial charge on any atom is 0.144 e. The predicted octanol–water partition coefficient (Wildman–Crippen LogP) is 5.58. The number of halogens is 3. The molecule has 2 aromatic rings. The Morgan fingerprint density at radius 3 is 2.62 bits per heavy atom. The molecule has 0 aliphatic carbocycles. The molecule has 0 spiro atoms. The van der Waals surface area contributed by atoms with Crippen LogP contribution >= 0.6 is 39.7 Å². The minimum atomic E-state index is -0.344. The summed E-state index contributed by atoms with van der Waals surface area (Å²) in [6, 6.07) is 4.64. The highest BCUT2D eigenvalue weighted by Crippen LogP contribution is 2.29. The minimum Gasteiger partial charge on any atom is -0.345 e. The van der Waals surface area contributed by atoms with Gasteiger partial charge in [-0.3, -0.25) is 0 Å². The third-order valence-electron chi connectivity index (χ3n) is 3.07. The fourth-order valence-electron chi connectivity index (χ4n) is 1.97. The second-order valence-electron chi connectivity index (χ2n) is 5.80. The zero-order chi connectivity index (χ0) is 15.8. The molecule has 1 aromatic carbocycles. The molecule has 1 aromatic heterocycles. The van der Waals surface area contributed by atoms with Crippen molar-refractivity contribution >= 4 is 39.7 Å². The van der Waals surface area contributed by atoms with Crippen LogP contribution in [-0.2, 0) is 11.8 Å². The summed E-state index contributed by atoms with van der Waals surface area (Å²) < 4.78 is 15.1. The highest BCUT2D eigenvalue weighted by Gasteiger charge is 2.20. The topological polar surface area (TPSA) is 28.7 Å². The molecule has 1 heterocycles. The van der Waals surface area contributed by atoms with Crippen LogP contribution in [0.2, 0.25) is 5.02 Å². The minimum absolute atomic E-state index is 0.136. The molecule has 0 radical (unpaired) electrons. The second-order valence-corrected chi connectivity index (χ2v) is 7.39. The number of nitrogens with one attached hydrogen (secondary N) is 1. The van der Waals surface area contributed by atoms with E-state index in [1.807, 2.05) is 0 Å². The number of aromatic amines is 1. The number of hydrogen-bond donors (Lipinski definition) is 1. The van der Waals surface area contributed by atoms with Crippen LogP contribution in [0.4, 0.5) is 4.39 Å². The smallest absolute Gasteiger partial charge is 0.144 e. The molecule has 0 atom stereocenters. The maximum absolute atomic E-state index is 13.9. The van der Waals surface area contributed by atoms with Gasteiger partial charge in [-0.2, -0.15) is 0 Å². The number of benzene rings is 1. The van der Waals surface area contributed by atoms with E-state index in [-0.39, 0.29) is 17.7 Å². The predicted molar refractivity (Wildman–Crippen MR) is 90.0 cm³/mol. The first-order valence-electron chi connectivity index (χ1n) is 6.42. The van der Waals surface area contributed by atoms with E-state index in [0.29, 0.717) is 21.1 Å². The standard InChI is InChI=1S/C15H15BrClFN2S/c1-15(2,3)13-12(16)14(21)20-11(19-13)7-8-9(17)5-4-6-10(8)18/h4-6H,7H2,1-3H3,(H,19,20,21). The SMILES string of the molecule is CC(C)(C)c1[nH]c(Cc2c(F)cccc2Cl)nc(=S)c1Br. The van der Waals surface area contributed by atoms with Crippen LogP contribution in [0.1, 0.15) is 37.9 Å². The van der Waals surface area contributed by atoms with Crippen LogP contribution in [0.5, 0.6) is 0 Å². The fourth-order valence-corrected chi connectivity index (χ4v) is 3.20. The molecular weight excluding hydrogens is 375 g/mol. The van der Waals surface area contributed by atoms with Crippen molar-refractivity contribution in [3.05, 3.63) is 55.2 Å². The van der Waals surface area contributed by atoms with Gasteiger partial charge in [0.05, 0.1) is 4.47 Å². The van der Waals surface area contributed by atoms with Gasteiger partial charge in [0.1, 0.15) is 16.3 Å². The first-order valence-corrected chi connectivity index (χ1v) is 8.00. The molecule has 1 N–H and O–H groups in total. The summed E-state index contributed by atoms with van der Waals surface area (Å²) in [5.74, 6) is 0.254. The van der Waals surface area contributed by atoms with Gasteiger partial charge >= 0.3 is 0 Å². The van der Waals surface area contributed by atoms with Crippen molar-refractivity contribution in [3.63, 3.8) is 0 Å². The molecule has 0 amide bonds. The zero-order valence-electron chi connectivity index (χ0n) is 11.9. The second kappa shape index (κ2) is 6.15. The summed E-state index contributed by atoms with van der Waals surface area (Å²) in [4.78, 5) is 7.56. The van der Waals surface area contributed by atoms with Crippen LogP contribution in [0, 0.1) is 10.5 Å². The summed E-state index contributed by atoms with van der Waals surface area (Å²) in [5.41, 5.74) is 1.22. The van der Waals surface area contributed by atoms with Gasteiger partial charge in [0.2, 0.25) is 0 Å². The Labute approximate surface area is 141 Å². The molecule has 0 bridgehead atoms. The van der Waals surface area contributed by atoms with E-state index in [1.54, 1.807) is 12.1 Å². The summed E-state index contributed by atoms with van der Waals surface area (Å²) in [5, 5.41) is 0.386. The Hall–Kier alpha value is -0.780. The van der Waals surface area contributed by atoms with Crippen molar-refractivity contribution in [2.45, 2.75) is 32.6 Å². The Kier molecular flexibility index (Phi) is 4.85. The van der Waals surface area contributed by atoms with Gasteiger partial charge in [-0.05, 0) is 28.1 Å². The van der Waals surface area contributed by atoms with Crippen molar-refractivity contribution in [1.82, 2.24) is 9.97 Å². The van der Waals surface area contributed by atoms with E-state index in [1.165, 1.54) is 6.07 Å². The molecule has 0 aliphatic rings. The lowest BCUT2D eigenvalue weighted by atomic mass is 9.92. The van der Waals surface area contributed by atoms with Crippen LogP contribution < -0.4 is 0 Å². The molecule has 0 aliphatic heterocycles. The third-order valence-corrected chi connectivity index (χ3v) is 4.75. The quantitative estimate of drug-likeness (QED) is 0.679. The number of aromatic nitrogens is 2. The van der Waals surface area contributed by atoms with Crippen molar-refractivity contribution in [3.8, 4) is 0 Å². The molecule has 0 saturated heterocycles. The van der Waals surface area contributed by atoms with E-state index in [9.17, 15) is 4.39 Å². The summed E-state index contributed by atoms with van der Waals surface area (Å²) in [6.45, 7) is 6.20. The molecule has 112 valence electrons. The highest BCUT2D eigenvalue weighted by atomic mass is 79.9. The Morgan fingerprint density at radius 2 is 2.05 bits per heavy atom. The fraction of sp³-hybridized carbons (Fsp3) is 0.333. The normalized spacial score (nSPS) is 11.7. The Balaban J connectivity index is 2.52. The lowest BCUT2D eigenvalue weighted by Crippen LogP contribution is -2.17. The number of hydrogen-bond acceptors (Lipinski definition) is 2.